The number of rotatable bonds is 6. The van der Waals surface area contributed by atoms with E-state index in [1.165, 1.54) is 30.5 Å². The highest BCUT2D eigenvalue weighted by molar-refractivity contribution is 6.30. The zero-order chi connectivity index (χ0) is 24.2. The van der Waals surface area contributed by atoms with Crippen LogP contribution < -0.4 is 10.6 Å². The quantitative estimate of drug-likeness (QED) is 0.513. The third-order valence-corrected chi connectivity index (χ3v) is 5.97. The first-order chi connectivity index (χ1) is 16.4. The molecule has 1 aliphatic rings. The summed E-state index contributed by atoms with van der Waals surface area (Å²) in [4.78, 5) is 31.4. The van der Waals surface area contributed by atoms with Gasteiger partial charge in [0.2, 0.25) is 5.91 Å². The Labute approximate surface area is 201 Å². The molecule has 1 aromatic heterocycles. The number of aryl methyl sites for hydroxylation is 1. The Kier molecular flexibility index (Phi) is 7.14. The molecule has 8 nitrogen and oxygen atoms in total. The van der Waals surface area contributed by atoms with E-state index < -0.39 is 23.8 Å². The number of carbonyl (C=O) groups is 2. The Hall–Kier alpha value is -3.43. The Morgan fingerprint density at radius 3 is 2.68 bits per heavy atom. The maximum atomic E-state index is 14.8. The Morgan fingerprint density at radius 2 is 2.00 bits per heavy atom. The van der Waals surface area contributed by atoms with Gasteiger partial charge < -0.3 is 24.7 Å². The second-order valence-electron chi connectivity index (χ2n) is 7.86. The van der Waals surface area contributed by atoms with Gasteiger partial charge in [0.1, 0.15) is 11.9 Å². The lowest BCUT2D eigenvalue weighted by atomic mass is 10.1. The molecule has 0 unspecified atom stereocenters. The summed E-state index contributed by atoms with van der Waals surface area (Å²) in [6.45, 7) is 2.15. The van der Waals surface area contributed by atoms with E-state index in [1.54, 1.807) is 30.3 Å². The first-order valence-corrected chi connectivity index (χ1v) is 11.2. The highest BCUT2D eigenvalue weighted by atomic mass is 35.5. The van der Waals surface area contributed by atoms with E-state index in [-0.39, 0.29) is 24.8 Å². The molecule has 0 aliphatic carbocycles. The molecule has 2 N–H and O–H groups in total. The van der Waals surface area contributed by atoms with Gasteiger partial charge >= 0.3 is 6.03 Å². The van der Waals surface area contributed by atoms with Crippen molar-refractivity contribution in [3.63, 3.8) is 0 Å². The number of hydrogen-bond acceptors (Lipinski definition) is 5. The summed E-state index contributed by atoms with van der Waals surface area (Å²) in [5.74, 6) is -0.642. The van der Waals surface area contributed by atoms with Crippen molar-refractivity contribution in [2.75, 3.05) is 24.3 Å². The number of nitrogens with one attached hydrogen (secondary N) is 2. The molecule has 10 heteroatoms. The first kappa shape index (κ1) is 23.7. The van der Waals surface area contributed by atoms with Crippen LogP contribution in [0.15, 0.2) is 53.3 Å². The van der Waals surface area contributed by atoms with Crippen LogP contribution in [0.1, 0.15) is 19.0 Å². The molecule has 1 saturated heterocycles. The zero-order valence-corrected chi connectivity index (χ0v) is 19.4. The number of hydrogen-bond donors (Lipinski definition) is 2. The molecule has 34 heavy (non-hydrogen) atoms. The van der Waals surface area contributed by atoms with E-state index in [0.717, 1.165) is 5.69 Å². The number of halogens is 2. The van der Waals surface area contributed by atoms with E-state index >= 15 is 0 Å². The van der Waals surface area contributed by atoms with Crippen LogP contribution in [0.5, 0.6) is 0 Å². The van der Waals surface area contributed by atoms with Crippen LogP contribution in [0.25, 0.3) is 11.3 Å². The van der Waals surface area contributed by atoms with Crippen LogP contribution in [0.4, 0.5) is 20.6 Å². The Balaban J connectivity index is 1.49. The monoisotopic (exact) mass is 486 g/mol. The molecular formula is C24H24ClFN4O4. The molecule has 2 aromatic carbocycles. The number of anilines is 2. The van der Waals surface area contributed by atoms with Gasteiger partial charge in [-0.2, -0.15) is 0 Å². The van der Waals surface area contributed by atoms with Gasteiger partial charge in [-0.05, 0) is 48.9 Å². The van der Waals surface area contributed by atoms with Crippen molar-refractivity contribution in [1.82, 2.24) is 9.88 Å². The van der Waals surface area contributed by atoms with Crippen molar-refractivity contribution in [3.8, 4) is 11.3 Å². The summed E-state index contributed by atoms with van der Waals surface area (Å²) in [5, 5.41) is 5.89. The summed E-state index contributed by atoms with van der Waals surface area (Å²) in [7, 11) is 1.52. The Morgan fingerprint density at radius 1 is 1.24 bits per heavy atom. The van der Waals surface area contributed by atoms with Crippen molar-refractivity contribution in [2.24, 2.45) is 0 Å². The third kappa shape index (κ3) is 5.05. The van der Waals surface area contributed by atoms with Crippen LogP contribution in [0.3, 0.4) is 0 Å². The second kappa shape index (κ2) is 10.2. The average Bonchev–Trinajstić information content (AvgIpc) is 3.49. The van der Waals surface area contributed by atoms with Gasteiger partial charge in [0, 0.05) is 36.3 Å². The standard InChI is InChI=1S/C24H24ClFN4O4/c1-3-19-22(34-13-27-19)14-4-9-20(18(26)10-14)29-23(31)21-11-17(33-2)12-30(21)24(32)28-16-7-5-15(25)6-8-16/h4-10,13,17,21H,3,11-12H2,1-2H3,(H,28,32)(H,29,31)/t17-,21-/m1/s1. The fraction of sp³-hybridized carbons (Fsp3) is 0.292. The molecule has 0 saturated carbocycles. The van der Waals surface area contributed by atoms with Crippen molar-refractivity contribution in [2.45, 2.75) is 31.9 Å². The number of aromatic nitrogens is 1. The van der Waals surface area contributed by atoms with E-state index in [0.29, 0.717) is 28.5 Å². The minimum absolute atomic E-state index is 0.00485. The van der Waals surface area contributed by atoms with Crippen LogP contribution >= 0.6 is 11.6 Å². The highest BCUT2D eigenvalue weighted by Gasteiger charge is 2.40. The zero-order valence-electron chi connectivity index (χ0n) is 18.7. The van der Waals surface area contributed by atoms with E-state index in [2.05, 4.69) is 15.6 Å². The fourth-order valence-electron chi connectivity index (χ4n) is 3.90. The molecule has 0 bridgehead atoms. The van der Waals surface area contributed by atoms with E-state index in [9.17, 15) is 14.0 Å². The van der Waals surface area contributed by atoms with Crippen molar-refractivity contribution >= 4 is 34.9 Å². The number of methoxy groups -OCH3 is 1. The highest BCUT2D eigenvalue weighted by Crippen LogP contribution is 2.28. The van der Waals surface area contributed by atoms with E-state index in [4.69, 9.17) is 20.8 Å². The lowest BCUT2D eigenvalue weighted by molar-refractivity contribution is -0.119. The smallest absolute Gasteiger partial charge is 0.322 e. The van der Waals surface area contributed by atoms with Gasteiger partial charge in [0.15, 0.2) is 12.2 Å². The summed E-state index contributed by atoms with van der Waals surface area (Å²) in [6, 6.07) is 9.72. The molecule has 0 spiro atoms. The largest absolute Gasteiger partial charge is 0.443 e. The molecule has 178 valence electrons. The Bertz CT molecular complexity index is 1180. The number of nitrogens with zero attached hydrogens (tertiary/aromatic N) is 2. The number of benzene rings is 2. The summed E-state index contributed by atoms with van der Waals surface area (Å²) >= 11 is 5.89. The number of carbonyl (C=O) groups excluding carboxylic acids is 2. The SMILES string of the molecule is CCc1ncoc1-c1ccc(NC(=O)[C@H]2C[C@@H](OC)CN2C(=O)Nc2ccc(Cl)cc2)c(F)c1. The number of ether oxygens (including phenoxy) is 1. The minimum Gasteiger partial charge on any atom is -0.443 e. The van der Waals surface area contributed by atoms with Crippen molar-refractivity contribution in [1.29, 1.82) is 0 Å². The normalized spacial score (nSPS) is 17.6. The van der Waals surface area contributed by atoms with E-state index in [1.807, 2.05) is 6.92 Å². The summed E-state index contributed by atoms with van der Waals surface area (Å²) in [6.07, 6.45) is 1.92. The number of urea groups is 1. The van der Waals surface area contributed by atoms with Gasteiger partial charge in [-0.3, -0.25) is 4.79 Å². The molecule has 1 fully saturated rings. The number of oxazole rings is 1. The minimum atomic E-state index is -0.836. The van der Waals surface area contributed by atoms with Crippen LogP contribution in [0.2, 0.25) is 5.02 Å². The van der Waals surface area contributed by atoms with Crippen molar-refractivity contribution < 1.29 is 23.1 Å². The number of amides is 3. The van der Waals surface area contributed by atoms with Gasteiger partial charge in [0.25, 0.3) is 0 Å². The lowest BCUT2D eigenvalue weighted by Crippen LogP contribution is -2.45. The average molecular weight is 487 g/mol. The topological polar surface area (TPSA) is 96.7 Å². The maximum Gasteiger partial charge on any atom is 0.322 e. The first-order valence-electron chi connectivity index (χ1n) is 10.8. The summed E-state index contributed by atoms with van der Waals surface area (Å²) in [5.41, 5.74) is 1.78. The third-order valence-electron chi connectivity index (χ3n) is 5.72. The predicted octanol–water partition coefficient (Wildman–Crippen LogP) is 4.96. The van der Waals surface area contributed by atoms with Crippen LogP contribution in [-0.4, -0.2) is 47.6 Å². The maximum absolute atomic E-state index is 14.8. The van der Waals surface area contributed by atoms with Gasteiger partial charge in [-0.15, -0.1) is 0 Å². The predicted molar refractivity (Wildman–Crippen MR) is 126 cm³/mol. The number of likely N-dealkylation sites (tertiary alicyclic amines) is 1. The molecular weight excluding hydrogens is 463 g/mol. The lowest BCUT2D eigenvalue weighted by Gasteiger charge is -2.24. The molecule has 1 aliphatic heterocycles. The molecule has 0 radical (unpaired) electrons. The van der Waals surface area contributed by atoms with Gasteiger partial charge in [-0.25, -0.2) is 14.2 Å². The molecule has 3 aromatic rings. The van der Waals surface area contributed by atoms with Gasteiger partial charge in [0.05, 0.1) is 17.5 Å². The van der Waals surface area contributed by atoms with Crippen LogP contribution in [-0.2, 0) is 16.0 Å². The fourth-order valence-corrected chi connectivity index (χ4v) is 4.03. The van der Waals surface area contributed by atoms with Crippen LogP contribution in [0, 0.1) is 5.82 Å². The molecule has 3 amide bonds. The van der Waals surface area contributed by atoms with Gasteiger partial charge in [-0.1, -0.05) is 18.5 Å². The molecule has 4 rings (SSSR count). The second-order valence-corrected chi connectivity index (χ2v) is 8.30. The van der Waals surface area contributed by atoms with Crippen molar-refractivity contribution in [3.05, 3.63) is 65.4 Å². The molecule has 2 heterocycles. The summed E-state index contributed by atoms with van der Waals surface area (Å²) < 4.78 is 25.6. The molecule has 2 atom stereocenters.